The van der Waals surface area contributed by atoms with Gasteiger partial charge < -0.3 is 5.32 Å². The Kier molecular flexibility index (Phi) is 2.39. The molecular weight excluding hydrogens is 248 g/mol. The molecule has 0 spiro atoms. The van der Waals surface area contributed by atoms with E-state index >= 15 is 0 Å². The Morgan fingerprint density at radius 3 is 2.40 bits per heavy atom. The summed E-state index contributed by atoms with van der Waals surface area (Å²) in [4.78, 5) is 0. The van der Waals surface area contributed by atoms with Crippen LogP contribution in [0.1, 0.15) is 0 Å². The van der Waals surface area contributed by atoms with E-state index < -0.39 is 0 Å². The average Bonchev–Trinajstić information content (AvgIpc) is 2.88. The number of nitrogens with one attached hydrogen (secondary N) is 1. The molecule has 2 heterocycles. The molecule has 1 N–H and O–H groups in total. The third-order valence-corrected chi connectivity index (χ3v) is 3.30. The molecule has 0 bridgehead atoms. The van der Waals surface area contributed by atoms with Crippen molar-refractivity contribution in [2.75, 3.05) is 5.32 Å². The highest BCUT2D eigenvalue weighted by molar-refractivity contribution is 5.85. The van der Waals surface area contributed by atoms with Crippen molar-refractivity contribution in [2.45, 2.75) is 0 Å². The van der Waals surface area contributed by atoms with Crippen molar-refractivity contribution in [1.29, 1.82) is 0 Å². The van der Waals surface area contributed by atoms with Crippen molar-refractivity contribution in [3.8, 4) is 0 Å². The Hall–Kier alpha value is -2.88. The maximum Gasteiger partial charge on any atom is 0.233 e. The van der Waals surface area contributed by atoms with Crippen LogP contribution in [0.4, 0.5) is 11.6 Å². The predicted molar refractivity (Wildman–Crippen MR) is 80.2 cm³/mol. The molecule has 4 aromatic rings. The fraction of sp³-hybridized carbons (Fsp3) is 0. The summed E-state index contributed by atoms with van der Waals surface area (Å²) in [6.07, 6.45) is 2.05. The van der Waals surface area contributed by atoms with Gasteiger partial charge in [-0.15, -0.1) is 10.2 Å². The maximum atomic E-state index is 4.22. The fourth-order valence-electron chi connectivity index (χ4n) is 2.30. The van der Waals surface area contributed by atoms with Gasteiger partial charge in [-0.25, -0.2) is 0 Å². The molecule has 0 saturated carbocycles. The van der Waals surface area contributed by atoms with Crippen molar-refractivity contribution in [1.82, 2.24) is 14.6 Å². The molecule has 0 aliphatic carbocycles. The number of rotatable bonds is 2. The van der Waals surface area contributed by atoms with Crippen molar-refractivity contribution >= 4 is 28.1 Å². The number of anilines is 2. The number of hydrogen-bond acceptors (Lipinski definition) is 3. The second-order valence-electron chi connectivity index (χ2n) is 4.65. The summed E-state index contributed by atoms with van der Waals surface area (Å²) in [7, 11) is 0. The van der Waals surface area contributed by atoms with Gasteiger partial charge in [-0.1, -0.05) is 42.5 Å². The molecule has 4 nitrogen and oxygen atoms in total. The molecule has 2 aromatic heterocycles. The van der Waals surface area contributed by atoms with E-state index in [4.69, 9.17) is 0 Å². The van der Waals surface area contributed by atoms with Crippen LogP contribution in [0.25, 0.3) is 16.4 Å². The molecule has 0 radical (unpaired) electrons. The second-order valence-corrected chi connectivity index (χ2v) is 4.65. The van der Waals surface area contributed by atoms with Crippen molar-refractivity contribution in [2.24, 2.45) is 0 Å². The number of para-hydroxylation sites is 1. The first-order valence-electron chi connectivity index (χ1n) is 6.46. The van der Waals surface area contributed by atoms with E-state index in [0.717, 1.165) is 22.7 Å². The molecule has 0 saturated heterocycles. The second kappa shape index (κ2) is 4.35. The van der Waals surface area contributed by atoms with Crippen LogP contribution in [-0.2, 0) is 0 Å². The Morgan fingerprint density at radius 1 is 0.800 bits per heavy atom. The number of benzene rings is 2. The number of nitrogens with zero attached hydrogens (tertiary/aromatic N) is 3. The van der Waals surface area contributed by atoms with Gasteiger partial charge in [0.1, 0.15) is 0 Å². The summed E-state index contributed by atoms with van der Waals surface area (Å²) in [5, 5.41) is 14.0. The lowest BCUT2D eigenvalue weighted by atomic mass is 10.2. The van der Waals surface area contributed by atoms with Gasteiger partial charge in [0.05, 0.1) is 0 Å². The topological polar surface area (TPSA) is 42.2 Å². The monoisotopic (exact) mass is 260 g/mol. The van der Waals surface area contributed by atoms with E-state index in [0.29, 0.717) is 0 Å². The van der Waals surface area contributed by atoms with E-state index in [9.17, 15) is 0 Å². The number of aromatic nitrogens is 3. The molecule has 96 valence electrons. The quantitative estimate of drug-likeness (QED) is 0.598. The van der Waals surface area contributed by atoms with E-state index in [2.05, 4.69) is 33.8 Å². The minimum absolute atomic E-state index is 0.719. The highest BCUT2D eigenvalue weighted by atomic mass is 15.3. The van der Waals surface area contributed by atoms with Crippen molar-refractivity contribution < 1.29 is 0 Å². The molecule has 4 heteroatoms. The van der Waals surface area contributed by atoms with Crippen molar-refractivity contribution in [3.63, 3.8) is 0 Å². The molecule has 4 rings (SSSR count). The largest absolute Gasteiger partial charge is 0.324 e. The Bertz CT molecular complexity index is 881. The summed E-state index contributed by atoms with van der Waals surface area (Å²) in [6, 6.07) is 20.2. The Morgan fingerprint density at radius 2 is 1.55 bits per heavy atom. The lowest BCUT2D eigenvalue weighted by Gasteiger charge is -2.05. The minimum Gasteiger partial charge on any atom is -0.324 e. The van der Waals surface area contributed by atoms with Gasteiger partial charge in [-0.2, -0.15) is 0 Å². The van der Waals surface area contributed by atoms with Crippen LogP contribution in [0.2, 0.25) is 0 Å². The van der Waals surface area contributed by atoms with E-state index in [-0.39, 0.29) is 0 Å². The molecule has 0 fully saturated rings. The van der Waals surface area contributed by atoms with Crippen LogP contribution < -0.4 is 5.32 Å². The highest BCUT2D eigenvalue weighted by Crippen LogP contribution is 2.20. The van der Waals surface area contributed by atoms with E-state index in [1.807, 2.05) is 52.9 Å². The normalized spacial score (nSPS) is 11.0. The highest BCUT2D eigenvalue weighted by Gasteiger charge is 2.06. The minimum atomic E-state index is 0.719. The Balaban J connectivity index is 1.86. The van der Waals surface area contributed by atoms with E-state index in [1.165, 1.54) is 5.39 Å². The van der Waals surface area contributed by atoms with Crippen molar-refractivity contribution in [3.05, 3.63) is 66.9 Å². The summed E-state index contributed by atoms with van der Waals surface area (Å²) in [5.74, 6) is 0.719. The van der Waals surface area contributed by atoms with Crippen LogP contribution in [-0.4, -0.2) is 14.6 Å². The van der Waals surface area contributed by atoms with Crippen LogP contribution in [0.5, 0.6) is 0 Å². The van der Waals surface area contributed by atoms with Crippen LogP contribution in [0.3, 0.4) is 0 Å². The molecule has 0 aliphatic rings. The molecule has 0 aliphatic heterocycles. The van der Waals surface area contributed by atoms with Crippen LogP contribution in [0.15, 0.2) is 66.9 Å². The molecule has 20 heavy (non-hydrogen) atoms. The summed E-state index contributed by atoms with van der Waals surface area (Å²) in [5.41, 5.74) is 1.83. The molecule has 2 aromatic carbocycles. The Labute approximate surface area is 115 Å². The van der Waals surface area contributed by atoms with Crippen LogP contribution >= 0.6 is 0 Å². The van der Waals surface area contributed by atoms with Gasteiger partial charge in [-0.05, 0) is 29.0 Å². The zero-order valence-electron chi connectivity index (χ0n) is 10.7. The summed E-state index contributed by atoms with van der Waals surface area (Å²) in [6.45, 7) is 0. The van der Waals surface area contributed by atoms with Gasteiger partial charge in [0.15, 0.2) is 5.65 Å². The molecule has 0 amide bonds. The lowest BCUT2D eigenvalue weighted by molar-refractivity contribution is 1.11. The zero-order chi connectivity index (χ0) is 13.4. The lowest BCUT2D eigenvalue weighted by Crippen LogP contribution is -1.96. The van der Waals surface area contributed by atoms with Gasteiger partial charge in [0, 0.05) is 11.9 Å². The standard InChI is InChI=1S/C16H12N4/c1-2-8-14(9-3-1)17-16-19-18-15-10-12-6-4-5-7-13(12)11-20(15)16/h1-11H,(H,17,19). The van der Waals surface area contributed by atoms with Crippen LogP contribution in [0, 0.1) is 0 Å². The average molecular weight is 260 g/mol. The van der Waals surface area contributed by atoms with Gasteiger partial charge in [-0.3, -0.25) is 4.40 Å². The van der Waals surface area contributed by atoms with Gasteiger partial charge in [0.25, 0.3) is 0 Å². The van der Waals surface area contributed by atoms with Gasteiger partial charge >= 0.3 is 0 Å². The first-order valence-corrected chi connectivity index (χ1v) is 6.46. The van der Waals surface area contributed by atoms with Gasteiger partial charge in [0.2, 0.25) is 5.95 Å². The zero-order valence-corrected chi connectivity index (χ0v) is 10.7. The number of fused-ring (bicyclic) bond motifs is 2. The molecule has 0 unspecified atom stereocenters. The number of hydrogen-bond donors (Lipinski definition) is 1. The third kappa shape index (κ3) is 1.78. The smallest absolute Gasteiger partial charge is 0.233 e. The first-order chi connectivity index (χ1) is 9.90. The first kappa shape index (κ1) is 11.0. The predicted octanol–water partition coefficient (Wildman–Crippen LogP) is 3.63. The maximum absolute atomic E-state index is 4.22. The summed E-state index contributed by atoms with van der Waals surface area (Å²) >= 11 is 0. The van der Waals surface area contributed by atoms with E-state index in [1.54, 1.807) is 0 Å². The summed E-state index contributed by atoms with van der Waals surface area (Å²) < 4.78 is 1.97. The molecule has 0 atom stereocenters. The SMILES string of the molecule is c1ccc(Nc2nnc3cc4ccccc4cn23)cc1. The third-order valence-electron chi connectivity index (χ3n) is 3.30. The number of pyridine rings is 1. The fourth-order valence-corrected chi connectivity index (χ4v) is 2.30. The molecular formula is C16H12N4.